The van der Waals surface area contributed by atoms with Crippen LogP contribution in [0, 0.1) is 5.41 Å². The van der Waals surface area contributed by atoms with Gasteiger partial charge in [-0.25, -0.2) is 8.42 Å². The van der Waals surface area contributed by atoms with Crippen LogP contribution in [0.3, 0.4) is 0 Å². The Balaban J connectivity index is 2.43. The summed E-state index contributed by atoms with van der Waals surface area (Å²) in [6.07, 6.45) is 0.351. The lowest BCUT2D eigenvalue weighted by atomic mass is 10.1. The van der Waals surface area contributed by atoms with Crippen LogP contribution in [0.25, 0.3) is 0 Å². The van der Waals surface area contributed by atoms with Crippen LogP contribution in [0.2, 0.25) is 0 Å². The summed E-state index contributed by atoms with van der Waals surface area (Å²) in [6, 6.07) is 4.71. The van der Waals surface area contributed by atoms with E-state index in [1.807, 2.05) is 14.1 Å². The molecule has 146 valence electrons. The number of nitrogens with one attached hydrogen (secondary N) is 1. The molecule has 0 unspecified atom stereocenters. The Morgan fingerprint density at radius 3 is 2.19 bits per heavy atom. The molecular formula is C17H25Cl2N3O3S. The van der Waals surface area contributed by atoms with E-state index in [9.17, 15) is 13.2 Å². The molecule has 0 saturated heterocycles. The van der Waals surface area contributed by atoms with Gasteiger partial charge in [-0.1, -0.05) is 13.8 Å². The van der Waals surface area contributed by atoms with Crippen molar-refractivity contribution in [2.45, 2.75) is 36.4 Å². The van der Waals surface area contributed by atoms with Crippen molar-refractivity contribution in [1.82, 2.24) is 4.31 Å². The fourth-order valence-corrected chi connectivity index (χ4v) is 4.98. The highest BCUT2D eigenvalue weighted by molar-refractivity contribution is 7.89. The first-order chi connectivity index (χ1) is 11.9. The monoisotopic (exact) mass is 421 g/mol. The number of nitrogens with zero attached hydrogens (tertiary/aromatic N) is 2. The molecule has 1 N–H and O–H groups in total. The molecule has 1 aromatic rings. The van der Waals surface area contributed by atoms with Gasteiger partial charge in [-0.2, -0.15) is 4.31 Å². The quantitative estimate of drug-likeness (QED) is 0.685. The standard InChI is InChI=1S/C17H25Cl2N3O3S/c1-6-22(7-2)26(24,25)12-8-9-14(21(4)5)13(10-12)20-15(23)16(3)11-17(16,18)19/h8-10H,6-7,11H2,1-5H3,(H,20,23)/t16-/m1/s1. The average Bonchev–Trinajstić information content (AvgIpc) is 3.07. The van der Waals surface area contributed by atoms with Crippen molar-refractivity contribution in [2.75, 3.05) is 37.4 Å². The molecular weight excluding hydrogens is 397 g/mol. The van der Waals surface area contributed by atoms with Crippen LogP contribution in [0.15, 0.2) is 23.1 Å². The van der Waals surface area contributed by atoms with E-state index < -0.39 is 19.8 Å². The number of sulfonamides is 1. The van der Waals surface area contributed by atoms with E-state index in [0.717, 1.165) is 0 Å². The molecule has 0 aromatic heterocycles. The minimum atomic E-state index is -3.63. The van der Waals surface area contributed by atoms with Gasteiger partial charge < -0.3 is 10.2 Å². The first-order valence-corrected chi connectivity index (χ1v) is 10.6. The molecule has 1 aliphatic carbocycles. The lowest BCUT2D eigenvalue weighted by Gasteiger charge is -2.23. The van der Waals surface area contributed by atoms with Gasteiger partial charge in [0.2, 0.25) is 15.9 Å². The van der Waals surface area contributed by atoms with Gasteiger partial charge >= 0.3 is 0 Å². The Morgan fingerprint density at radius 2 is 1.77 bits per heavy atom. The number of carbonyl (C=O) groups is 1. The van der Waals surface area contributed by atoms with Crippen molar-refractivity contribution < 1.29 is 13.2 Å². The van der Waals surface area contributed by atoms with Crippen LogP contribution in [-0.2, 0) is 14.8 Å². The lowest BCUT2D eigenvalue weighted by molar-refractivity contribution is -0.120. The molecule has 1 saturated carbocycles. The number of rotatable bonds is 7. The average molecular weight is 422 g/mol. The zero-order valence-electron chi connectivity index (χ0n) is 15.6. The normalized spacial score (nSPS) is 21.5. The molecule has 0 radical (unpaired) electrons. The number of anilines is 2. The summed E-state index contributed by atoms with van der Waals surface area (Å²) < 4.78 is 25.8. The molecule has 1 atom stereocenters. The van der Waals surface area contributed by atoms with E-state index >= 15 is 0 Å². The molecule has 26 heavy (non-hydrogen) atoms. The van der Waals surface area contributed by atoms with Crippen LogP contribution in [0.5, 0.6) is 0 Å². The van der Waals surface area contributed by atoms with Gasteiger partial charge in [0.1, 0.15) is 4.33 Å². The molecule has 0 heterocycles. The predicted molar refractivity (Wildman–Crippen MR) is 107 cm³/mol. The van der Waals surface area contributed by atoms with Gasteiger partial charge in [-0.3, -0.25) is 4.79 Å². The molecule has 2 rings (SSSR count). The van der Waals surface area contributed by atoms with E-state index in [4.69, 9.17) is 23.2 Å². The van der Waals surface area contributed by atoms with Crippen molar-refractivity contribution in [3.63, 3.8) is 0 Å². The zero-order valence-corrected chi connectivity index (χ0v) is 18.0. The highest BCUT2D eigenvalue weighted by atomic mass is 35.5. The Morgan fingerprint density at radius 1 is 1.23 bits per heavy atom. The summed E-state index contributed by atoms with van der Waals surface area (Å²) in [7, 11) is -0.00273. The lowest BCUT2D eigenvalue weighted by Crippen LogP contribution is -2.31. The minimum Gasteiger partial charge on any atom is -0.376 e. The molecule has 0 spiro atoms. The Hall–Kier alpha value is -1.02. The molecule has 9 heteroatoms. The third-order valence-corrected chi connectivity index (χ3v) is 7.95. The number of halogens is 2. The smallest absolute Gasteiger partial charge is 0.243 e. The maximum absolute atomic E-state index is 12.8. The number of amides is 1. The Kier molecular flexibility index (Phi) is 5.88. The van der Waals surface area contributed by atoms with E-state index in [0.29, 0.717) is 30.9 Å². The Bertz CT molecular complexity index is 807. The van der Waals surface area contributed by atoms with Crippen molar-refractivity contribution in [3.8, 4) is 0 Å². The van der Waals surface area contributed by atoms with Gasteiger partial charge in [0.05, 0.1) is 21.7 Å². The molecule has 1 aliphatic rings. The number of hydrogen-bond donors (Lipinski definition) is 1. The fraction of sp³-hybridized carbons (Fsp3) is 0.588. The van der Waals surface area contributed by atoms with E-state index in [1.54, 1.807) is 37.8 Å². The molecule has 0 aliphatic heterocycles. The summed E-state index contributed by atoms with van der Waals surface area (Å²) in [5.41, 5.74) is 0.203. The van der Waals surface area contributed by atoms with Crippen molar-refractivity contribution in [1.29, 1.82) is 0 Å². The van der Waals surface area contributed by atoms with Crippen molar-refractivity contribution in [2.24, 2.45) is 5.41 Å². The third kappa shape index (κ3) is 3.67. The van der Waals surface area contributed by atoms with Crippen LogP contribution < -0.4 is 10.2 Å². The van der Waals surface area contributed by atoms with Gasteiger partial charge in [0.15, 0.2) is 0 Å². The molecule has 1 fully saturated rings. The molecule has 6 nitrogen and oxygen atoms in total. The zero-order chi connectivity index (χ0) is 19.9. The number of carbonyl (C=O) groups excluding carboxylic acids is 1. The summed E-state index contributed by atoms with van der Waals surface area (Å²) in [5, 5.41) is 2.80. The predicted octanol–water partition coefficient (Wildman–Crippen LogP) is 3.31. The second-order valence-corrected chi connectivity index (χ2v) is 10.3. The van der Waals surface area contributed by atoms with Crippen LogP contribution in [0.1, 0.15) is 27.2 Å². The fourth-order valence-electron chi connectivity index (χ4n) is 2.78. The van der Waals surface area contributed by atoms with Gasteiger partial charge in [0, 0.05) is 27.2 Å². The van der Waals surface area contributed by atoms with Gasteiger partial charge in [0.25, 0.3) is 0 Å². The largest absolute Gasteiger partial charge is 0.376 e. The number of benzene rings is 1. The van der Waals surface area contributed by atoms with Crippen LogP contribution >= 0.6 is 23.2 Å². The second-order valence-electron chi connectivity index (χ2n) is 6.83. The van der Waals surface area contributed by atoms with E-state index in [2.05, 4.69) is 5.32 Å². The summed E-state index contributed by atoms with van der Waals surface area (Å²) in [6.45, 7) is 6.00. The summed E-state index contributed by atoms with van der Waals surface area (Å²) in [4.78, 5) is 14.6. The summed E-state index contributed by atoms with van der Waals surface area (Å²) in [5.74, 6) is -0.331. The molecule has 1 amide bonds. The Labute approximate surface area is 165 Å². The SMILES string of the molecule is CCN(CC)S(=O)(=O)c1ccc(N(C)C)c(NC(=O)[C@@]2(C)CC2(Cl)Cl)c1. The molecule has 1 aromatic carbocycles. The topological polar surface area (TPSA) is 69.7 Å². The minimum absolute atomic E-state index is 0.131. The highest BCUT2D eigenvalue weighted by Crippen LogP contribution is 2.64. The maximum Gasteiger partial charge on any atom is 0.243 e. The van der Waals surface area contributed by atoms with Gasteiger partial charge in [-0.05, 0) is 31.5 Å². The number of hydrogen-bond acceptors (Lipinski definition) is 4. The van der Waals surface area contributed by atoms with E-state index in [1.165, 1.54) is 10.4 Å². The first-order valence-electron chi connectivity index (χ1n) is 8.41. The second kappa shape index (κ2) is 7.19. The first kappa shape index (κ1) is 21.3. The van der Waals surface area contributed by atoms with Crippen LogP contribution in [0.4, 0.5) is 11.4 Å². The van der Waals surface area contributed by atoms with Crippen molar-refractivity contribution in [3.05, 3.63) is 18.2 Å². The van der Waals surface area contributed by atoms with Gasteiger partial charge in [-0.15, -0.1) is 23.2 Å². The van der Waals surface area contributed by atoms with Crippen molar-refractivity contribution >= 4 is 50.5 Å². The maximum atomic E-state index is 12.8. The van der Waals surface area contributed by atoms with E-state index in [-0.39, 0.29) is 10.8 Å². The number of alkyl halides is 2. The highest BCUT2D eigenvalue weighted by Gasteiger charge is 2.68. The summed E-state index contributed by atoms with van der Waals surface area (Å²) >= 11 is 12.2. The molecule has 0 bridgehead atoms. The van der Waals surface area contributed by atoms with Crippen LogP contribution in [-0.4, -0.2) is 50.1 Å². The third-order valence-electron chi connectivity index (χ3n) is 4.80.